The quantitative estimate of drug-likeness (QED) is 0.674. The zero-order valence-corrected chi connectivity index (χ0v) is 7.20. The number of hydrogen-bond donors (Lipinski definition) is 1. The van der Waals surface area contributed by atoms with E-state index in [9.17, 15) is 0 Å². The van der Waals surface area contributed by atoms with Crippen molar-refractivity contribution >= 4 is 0 Å². The van der Waals surface area contributed by atoms with Gasteiger partial charge in [0.2, 0.25) is 0 Å². The second-order valence-electron chi connectivity index (χ2n) is 3.16. The summed E-state index contributed by atoms with van der Waals surface area (Å²) in [5.41, 5.74) is 5.46. The molecule has 1 aromatic heterocycles. The Balaban J connectivity index is 3.02. The van der Waals surface area contributed by atoms with Crippen molar-refractivity contribution in [3.05, 3.63) is 12.2 Å². The van der Waals surface area contributed by atoms with Crippen LogP contribution in [0.4, 0.5) is 0 Å². The van der Waals surface area contributed by atoms with Crippen LogP contribution in [0.15, 0.2) is 6.33 Å². The van der Waals surface area contributed by atoms with Gasteiger partial charge in [0, 0.05) is 6.54 Å². The van der Waals surface area contributed by atoms with Crippen LogP contribution < -0.4 is 5.73 Å². The van der Waals surface area contributed by atoms with E-state index in [0.29, 0.717) is 0 Å². The molecule has 0 fully saturated rings. The van der Waals surface area contributed by atoms with E-state index in [1.807, 2.05) is 25.3 Å². The summed E-state index contributed by atoms with van der Waals surface area (Å²) in [6, 6.07) is 0. The molecule has 0 bridgehead atoms. The Hall–Kier alpha value is -0.900. The van der Waals surface area contributed by atoms with E-state index in [2.05, 4.69) is 10.2 Å². The van der Waals surface area contributed by atoms with Crippen molar-refractivity contribution in [2.75, 3.05) is 0 Å². The number of aromatic nitrogens is 3. The van der Waals surface area contributed by atoms with Crippen LogP contribution in [0.3, 0.4) is 0 Å². The average Bonchev–Trinajstić information content (AvgIpc) is 2.31. The van der Waals surface area contributed by atoms with Crippen molar-refractivity contribution in [1.82, 2.24) is 14.8 Å². The van der Waals surface area contributed by atoms with Crippen molar-refractivity contribution in [3.63, 3.8) is 0 Å². The second kappa shape index (κ2) is 2.62. The topological polar surface area (TPSA) is 56.7 Å². The Bertz CT molecular complexity index is 233. The van der Waals surface area contributed by atoms with Gasteiger partial charge < -0.3 is 10.3 Å². The molecule has 1 heterocycles. The summed E-state index contributed by atoms with van der Waals surface area (Å²) in [7, 11) is 0. The molecule has 0 atom stereocenters. The molecule has 2 N–H and O–H groups in total. The summed E-state index contributed by atoms with van der Waals surface area (Å²) < 4.78 is 1.94. The molecule has 1 rings (SSSR count). The highest BCUT2D eigenvalue weighted by atomic mass is 15.3. The third kappa shape index (κ3) is 1.57. The molecule has 0 saturated heterocycles. The van der Waals surface area contributed by atoms with Crippen LogP contribution in [0, 0.1) is 0 Å². The lowest BCUT2D eigenvalue weighted by Gasteiger charge is -2.17. The summed E-state index contributed by atoms with van der Waals surface area (Å²) >= 11 is 0. The number of nitrogens with two attached hydrogens (primary N) is 1. The van der Waals surface area contributed by atoms with Gasteiger partial charge in [-0.1, -0.05) is 0 Å². The lowest BCUT2D eigenvalue weighted by atomic mass is 10.1. The fourth-order valence-corrected chi connectivity index (χ4v) is 0.985. The zero-order valence-electron chi connectivity index (χ0n) is 7.20. The van der Waals surface area contributed by atoms with Crippen molar-refractivity contribution in [3.8, 4) is 0 Å². The molecular formula is C7H14N4. The molecule has 0 aliphatic heterocycles. The summed E-state index contributed by atoms with van der Waals surface area (Å²) in [6.07, 6.45) is 1.70. The highest BCUT2D eigenvalue weighted by Crippen LogP contribution is 2.12. The predicted molar refractivity (Wildman–Crippen MR) is 42.9 cm³/mol. The Labute approximate surface area is 66.4 Å². The molecule has 0 aliphatic carbocycles. The van der Waals surface area contributed by atoms with Gasteiger partial charge in [-0.3, -0.25) is 0 Å². The van der Waals surface area contributed by atoms with Gasteiger partial charge in [0.05, 0.1) is 5.54 Å². The smallest absolute Gasteiger partial charge is 0.152 e. The van der Waals surface area contributed by atoms with Crippen LogP contribution in [0.5, 0.6) is 0 Å². The SMILES string of the molecule is CCn1cnnc1C(C)(C)N. The molecule has 0 aliphatic rings. The first-order valence-electron chi connectivity index (χ1n) is 3.73. The first-order valence-corrected chi connectivity index (χ1v) is 3.73. The van der Waals surface area contributed by atoms with E-state index < -0.39 is 5.54 Å². The molecule has 4 nitrogen and oxygen atoms in total. The zero-order chi connectivity index (χ0) is 8.48. The standard InChI is InChI=1S/C7H14N4/c1-4-11-5-9-10-6(11)7(2,3)8/h5H,4,8H2,1-3H3. The molecular weight excluding hydrogens is 140 g/mol. The van der Waals surface area contributed by atoms with E-state index in [1.165, 1.54) is 0 Å². The maximum absolute atomic E-state index is 5.85. The Morgan fingerprint density at radius 3 is 2.64 bits per heavy atom. The minimum atomic E-state index is -0.396. The molecule has 0 saturated carbocycles. The molecule has 1 aromatic rings. The Morgan fingerprint density at radius 2 is 2.27 bits per heavy atom. The molecule has 0 radical (unpaired) electrons. The maximum atomic E-state index is 5.85. The van der Waals surface area contributed by atoms with Crippen LogP contribution >= 0.6 is 0 Å². The summed E-state index contributed by atoms with van der Waals surface area (Å²) in [4.78, 5) is 0. The van der Waals surface area contributed by atoms with Gasteiger partial charge in [0.25, 0.3) is 0 Å². The average molecular weight is 154 g/mol. The normalized spacial score (nSPS) is 12.0. The highest BCUT2D eigenvalue weighted by Gasteiger charge is 2.20. The Morgan fingerprint density at radius 1 is 1.64 bits per heavy atom. The first kappa shape index (κ1) is 8.20. The van der Waals surface area contributed by atoms with Gasteiger partial charge in [0.1, 0.15) is 6.33 Å². The largest absolute Gasteiger partial charge is 0.319 e. The van der Waals surface area contributed by atoms with Crippen molar-refractivity contribution < 1.29 is 0 Å². The van der Waals surface area contributed by atoms with Crippen LogP contribution in [-0.2, 0) is 12.1 Å². The number of hydrogen-bond acceptors (Lipinski definition) is 3. The van der Waals surface area contributed by atoms with E-state index in [4.69, 9.17) is 5.73 Å². The minimum Gasteiger partial charge on any atom is -0.319 e. The third-order valence-electron chi connectivity index (χ3n) is 1.53. The van der Waals surface area contributed by atoms with E-state index in [0.717, 1.165) is 12.4 Å². The van der Waals surface area contributed by atoms with Gasteiger partial charge >= 0.3 is 0 Å². The molecule has 0 unspecified atom stereocenters. The van der Waals surface area contributed by atoms with Gasteiger partial charge in [-0.15, -0.1) is 10.2 Å². The van der Waals surface area contributed by atoms with E-state index in [-0.39, 0.29) is 0 Å². The lowest BCUT2D eigenvalue weighted by molar-refractivity contribution is 0.479. The van der Waals surface area contributed by atoms with Crippen molar-refractivity contribution in [2.45, 2.75) is 32.9 Å². The number of aryl methyl sites for hydroxylation is 1. The third-order valence-corrected chi connectivity index (χ3v) is 1.53. The van der Waals surface area contributed by atoms with Crippen molar-refractivity contribution in [2.24, 2.45) is 5.73 Å². The maximum Gasteiger partial charge on any atom is 0.152 e. The van der Waals surface area contributed by atoms with Gasteiger partial charge in [-0.2, -0.15) is 0 Å². The Kier molecular flexibility index (Phi) is 1.95. The molecule has 4 heteroatoms. The van der Waals surface area contributed by atoms with Crippen LogP contribution in [0.25, 0.3) is 0 Å². The molecule has 0 spiro atoms. The van der Waals surface area contributed by atoms with Crippen LogP contribution in [0.2, 0.25) is 0 Å². The summed E-state index contributed by atoms with van der Waals surface area (Å²) in [5.74, 6) is 0.833. The fourth-order valence-electron chi connectivity index (χ4n) is 0.985. The van der Waals surface area contributed by atoms with Gasteiger partial charge in [-0.25, -0.2) is 0 Å². The van der Waals surface area contributed by atoms with Gasteiger partial charge in [0.15, 0.2) is 5.82 Å². The minimum absolute atomic E-state index is 0.396. The number of nitrogens with zero attached hydrogens (tertiary/aromatic N) is 3. The molecule has 62 valence electrons. The molecule has 0 amide bonds. The monoisotopic (exact) mass is 154 g/mol. The number of rotatable bonds is 2. The fraction of sp³-hybridized carbons (Fsp3) is 0.714. The lowest BCUT2D eigenvalue weighted by Crippen LogP contribution is -2.32. The second-order valence-corrected chi connectivity index (χ2v) is 3.16. The van der Waals surface area contributed by atoms with Gasteiger partial charge in [-0.05, 0) is 20.8 Å². The van der Waals surface area contributed by atoms with Crippen LogP contribution in [-0.4, -0.2) is 14.8 Å². The first-order chi connectivity index (χ1) is 5.05. The molecule has 11 heavy (non-hydrogen) atoms. The van der Waals surface area contributed by atoms with Crippen molar-refractivity contribution in [1.29, 1.82) is 0 Å². The summed E-state index contributed by atoms with van der Waals surface area (Å²) in [5, 5.41) is 7.74. The van der Waals surface area contributed by atoms with Crippen LogP contribution in [0.1, 0.15) is 26.6 Å². The van der Waals surface area contributed by atoms with E-state index >= 15 is 0 Å². The molecule has 0 aromatic carbocycles. The predicted octanol–water partition coefficient (Wildman–Crippen LogP) is 0.492. The highest BCUT2D eigenvalue weighted by molar-refractivity contribution is 4.99. The van der Waals surface area contributed by atoms with E-state index in [1.54, 1.807) is 6.33 Å². The summed E-state index contributed by atoms with van der Waals surface area (Å²) in [6.45, 7) is 6.74.